The number of unbranched alkanes of at least 4 members (excludes halogenated alkanes) is 1. The second-order valence-corrected chi connectivity index (χ2v) is 7.87. The predicted octanol–water partition coefficient (Wildman–Crippen LogP) is 4.54. The average molecular weight is 490 g/mol. The van der Waals surface area contributed by atoms with Crippen molar-refractivity contribution in [1.82, 2.24) is 15.2 Å². The molecule has 0 unspecified atom stereocenters. The fourth-order valence-electron chi connectivity index (χ4n) is 3.34. The van der Waals surface area contributed by atoms with Gasteiger partial charge < -0.3 is 20.3 Å². The number of allylic oxidation sites excluding steroid dienone is 1. The average Bonchev–Trinajstić information content (AvgIpc) is 2.90. The van der Waals surface area contributed by atoms with Crippen molar-refractivity contribution in [2.24, 2.45) is 0 Å². The Hall–Kier alpha value is -4.04. The van der Waals surface area contributed by atoms with Crippen molar-refractivity contribution in [2.45, 2.75) is 26.7 Å². The van der Waals surface area contributed by atoms with E-state index in [0.717, 1.165) is 31.5 Å². The maximum Gasteiger partial charge on any atom is 0.258 e. The van der Waals surface area contributed by atoms with E-state index in [4.69, 9.17) is 10.1 Å². The molecule has 8 nitrogen and oxygen atoms in total. The van der Waals surface area contributed by atoms with Gasteiger partial charge in [-0.1, -0.05) is 50.3 Å². The van der Waals surface area contributed by atoms with Crippen molar-refractivity contribution in [3.8, 4) is 0 Å². The number of amides is 2. The number of anilines is 1. The van der Waals surface area contributed by atoms with Gasteiger partial charge in [-0.3, -0.25) is 15.0 Å². The first-order chi connectivity index (χ1) is 17.4. The lowest BCUT2D eigenvalue weighted by atomic mass is 10.1. The molecule has 0 aliphatic carbocycles. The summed E-state index contributed by atoms with van der Waals surface area (Å²) >= 11 is 0. The number of rotatable bonds is 13. The molecule has 190 valence electrons. The Morgan fingerprint density at radius 3 is 2.44 bits per heavy atom. The van der Waals surface area contributed by atoms with Gasteiger partial charge in [-0.15, -0.1) is 0 Å². The molecule has 0 saturated carbocycles. The van der Waals surface area contributed by atoms with Gasteiger partial charge in [0.25, 0.3) is 11.8 Å². The van der Waals surface area contributed by atoms with E-state index in [1.807, 2.05) is 11.8 Å². The molecule has 36 heavy (non-hydrogen) atoms. The summed E-state index contributed by atoms with van der Waals surface area (Å²) in [7, 11) is 1.55. The second-order valence-electron chi connectivity index (χ2n) is 7.87. The van der Waals surface area contributed by atoms with Crippen LogP contribution in [0.3, 0.4) is 0 Å². The smallest absolute Gasteiger partial charge is 0.258 e. The molecule has 0 fully saturated rings. The summed E-state index contributed by atoms with van der Waals surface area (Å²) in [5, 5.41) is 14.0. The van der Waals surface area contributed by atoms with E-state index in [1.165, 1.54) is 6.08 Å². The lowest BCUT2D eigenvalue weighted by Crippen LogP contribution is -2.32. The van der Waals surface area contributed by atoms with Crippen molar-refractivity contribution in [3.05, 3.63) is 95.9 Å². The number of benzene rings is 1. The van der Waals surface area contributed by atoms with Crippen LogP contribution in [-0.2, 0) is 9.53 Å². The van der Waals surface area contributed by atoms with Crippen LogP contribution in [0, 0.1) is 5.41 Å². The maximum absolute atomic E-state index is 13.0. The van der Waals surface area contributed by atoms with Gasteiger partial charge in [-0.25, -0.2) is 4.98 Å². The Balaban J connectivity index is 2.25. The van der Waals surface area contributed by atoms with Crippen molar-refractivity contribution < 1.29 is 14.3 Å². The highest BCUT2D eigenvalue weighted by molar-refractivity contribution is 6.07. The number of nitrogens with one attached hydrogen (secondary N) is 3. The molecule has 0 spiro atoms. The number of pyridine rings is 1. The molecule has 0 radical (unpaired) electrons. The molecule has 0 aliphatic heterocycles. The highest BCUT2D eigenvalue weighted by Gasteiger charge is 2.16. The van der Waals surface area contributed by atoms with Gasteiger partial charge in [0.05, 0.1) is 17.9 Å². The molecule has 1 aromatic heterocycles. The first-order valence-corrected chi connectivity index (χ1v) is 11.9. The third-order valence-electron chi connectivity index (χ3n) is 5.34. The Morgan fingerprint density at radius 2 is 1.86 bits per heavy atom. The summed E-state index contributed by atoms with van der Waals surface area (Å²) in [6.45, 7) is 9.76. The third-order valence-corrected chi connectivity index (χ3v) is 5.34. The van der Waals surface area contributed by atoms with Crippen LogP contribution < -0.4 is 10.6 Å². The van der Waals surface area contributed by atoms with Crippen molar-refractivity contribution in [1.29, 1.82) is 5.41 Å². The molecule has 0 saturated heterocycles. The van der Waals surface area contributed by atoms with E-state index >= 15 is 0 Å². The minimum atomic E-state index is -0.461. The number of hydrogen-bond donors (Lipinski definition) is 3. The van der Waals surface area contributed by atoms with Crippen LogP contribution in [0.15, 0.2) is 84.7 Å². The fraction of sp³-hybridized carbons (Fsp3) is 0.286. The Morgan fingerprint density at radius 1 is 1.14 bits per heavy atom. The summed E-state index contributed by atoms with van der Waals surface area (Å²) in [5.74, 6) is -0.0438. The monoisotopic (exact) mass is 489 g/mol. The molecule has 0 bridgehead atoms. The Bertz CT molecular complexity index is 1090. The highest BCUT2D eigenvalue weighted by atomic mass is 16.5. The molecule has 1 aromatic carbocycles. The lowest BCUT2D eigenvalue weighted by Gasteiger charge is -2.23. The van der Waals surface area contributed by atoms with Crippen LogP contribution in [0.1, 0.15) is 42.6 Å². The topological polar surface area (TPSA) is 107 Å². The molecular formula is C28H35N5O3. The van der Waals surface area contributed by atoms with Crippen molar-refractivity contribution in [2.75, 3.05) is 32.1 Å². The number of nitrogens with zero attached hydrogens (tertiary/aromatic N) is 2. The van der Waals surface area contributed by atoms with Gasteiger partial charge in [0.15, 0.2) is 0 Å². The van der Waals surface area contributed by atoms with E-state index < -0.39 is 11.8 Å². The first kappa shape index (κ1) is 28.2. The van der Waals surface area contributed by atoms with Gasteiger partial charge in [0.2, 0.25) is 0 Å². The van der Waals surface area contributed by atoms with E-state index in [1.54, 1.807) is 67.9 Å². The van der Waals surface area contributed by atoms with Crippen molar-refractivity contribution in [3.63, 3.8) is 0 Å². The van der Waals surface area contributed by atoms with E-state index in [2.05, 4.69) is 29.1 Å². The Kier molecular flexibility index (Phi) is 11.8. The summed E-state index contributed by atoms with van der Waals surface area (Å²) in [4.78, 5) is 32.1. The third kappa shape index (κ3) is 8.32. The zero-order valence-corrected chi connectivity index (χ0v) is 21.2. The molecule has 1 heterocycles. The van der Waals surface area contributed by atoms with Crippen LogP contribution in [-0.4, -0.2) is 54.3 Å². The second kappa shape index (κ2) is 15.1. The van der Waals surface area contributed by atoms with Gasteiger partial charge in [0.1, 0.15) is 11.7 Å². The van der Waals surface area contributed by atoms with Crippen LogP contribution in [0.4, 0.5) is 5.82 Å². The number of hydrogen-bond acceptors (Lipinski definition) is 5. The SMILES string of the molecule is C=C/C(C(=O)Nc1ccccn1)=C(\C=C/COC)NC(=O)c1ccc(C(=N)N(CC)CCCC)cc1. The highest BCUT2D eigenvalue weighted by Crippen LogP contribution is 2.13. The largest absolute Gasteiger partial charge is 0.381 e. The molecule has 3 N–H and O–H groups in total. The lowest BCUT2D eigenvalue weighted by molar-refractivity contribution is -0.112. The van der Waals surface area contributed by atoms with Gasteiger partial charge in [-0.05, 0) is 43.7 Å². The number of methoxy groups -OCH3 is 1. The van der Waals surface area contributed by atoms with E-state index in [9.17, 15) is 9.59 Å². The molecule has 0 atom stereocenters. The number of aromatic nitrogens is 1. The van der Waals surface area contributed by atoms with E-state index in [0.29, 0.717) is 23.8 Å². The van der Waals surface area contributed by atoms with Crippen molar-refractivity contribution >= 4 is 23.5 Å². The standard InChI is InChI=1S/C28H35N5O3/c1-5-8-19-33(7-3)26(29)21-14-16-22(17-15-21)27(34)31-24(12-11-20-36-4)23(6-2)28(35)32-25-13-9-10-18-30-25/h6,9-18,29H,2,5,7-8,19-20H2,1,3-4H3,(H,31,34)(H,30,32,35)/b12-11-,24-23-,29-26?. The summed E-state index contributed by atoms with van der Waals surface area (Å²) < 4.78 is 5.06. The summed E-state index contributed by atoms with van der Waals surface area (Å²) in [6, 6.07) is 12.0. The maximum atomic E-state index is 13.0. The fourth-order valence-corrected chi connectivity index (χ4v) is 3.34. The van der Waals surface area contributed by atoms with Gasteiger partial charge in [0, 0.05) is 37.5 Å². The molecule has 2 amide bonds. The minimum absolute atomic E-state index is 0.175. The zero-order chi connectivity index (χ0) is 26.3. The van der Waals surface area contributed by atoms with Crippen LogP contribution in [0.2, 0.25) is 0 Å². The predicted molar refractivity (Wildman–Crippen MR) is 144 cm³/mol. The molecular weight excluding hydrogens is 454 g/mol. The zero-order valence-electron chi connectivity index (χ0n) is 21.2. The normalized spacial score (nSPS) is 11.5. The first-order valence-electron chi connectivity index (χ1n) is 11.9. The van der Waals surface area contributed by atoms with Crippen LogP contribution >= 0.6 is 0 Å². The Labute approximate surface area is 213 Å². The van der Waals surface area contributed by atoms with Crippen LogP contribution in [0.25, 0.3) is 0 Å². The number of carbonyl (C=O) groups is 2. The number of ether oxygens (including phenoxy) is 1. The summed E-state index contributed by atoms with van der Waals surface area (Å²) in [6.07, 6.45) is 8.32. The van der Waals surface area contributed by atoms with Crippen LogP contribution in [0.5, 0.6) is 0 Å². The number of amidine groups is 1. The van der Waals surface area contributed by atoms with Gasteiger partial charge >= 0.3 is 0 Å². The molecule has 2 aromatic rings. The quantitative estimate of drug-likeness (QED) is 0.166. The molecule has 8 heteroatoms. The summed E-state index contributed by atoms with van der Waals surface area (Å²) in [5.41, 5.74) is 1.58. The molecule has 2 rings (SSSR count). The van der Waals surface area contributed by atoms with E-state index in [-0.39, 0.29) is 11.3 Å². The van der Waals surface area contributed by atoms with Gasteiger partial charge in [-0.2, -0.15) is 0 Å². The minimum Gasteiger partial charge on any atom is -0.381 e. The number of carbonyl (C=O) groups excluding carboxylic acids is 2. The molecule has 0 aliphatic rings.